The molecule has 0 atom stereocenters. The van der Waals surface area contributed by atoms with E-state index >= 15 is 0 Å². The molecule has 0 aromatic heterocycles. The van der Waals surface area contributed by atoms with Gasteiger partial charge in [0.25, 0.3) is 0 Å². The van der Waals surface area contributed by atoms with Crippen LogP contribution in [-0.4, -0.2) is 18.0 Å². The molecule has 1 aromatic rings. The Hall–Kier alpha value is -1.33. The maximum absolute atomic E-state index is 8.80. The van der Waals surface area contributed by atoms with Gasteiger partial charge in [0.1, 0.15) is 0 Å². The molecule has 0 radical (unpaired) electrons. The van der Waals surface area contributed by atoms with Crippen molar-refractivity contribution in [3.63, 3.8) is 0 Å². The number of benzene rings is 1. The summed E-state index contributed by atoms with van der Waals surface area (Å²) in [6.07, 6.45) is 1.18. The molecule has 0 unspecified atom stereocenters. The molecular weight excluding hydrogens is 196 g/mol. The second-order valence-electron chi connectivity index (χ2n) is 4.12. The quantitative estimate of drug-likeness (QED) is 0.756. The van der Waals surface area contributed by atoms with Gasteiger partial charge in [0.05, 0.1) is 11.6 Å². The predicted molar refractivity (Wildman–Crippen MR) is 67.1 cm³/mol. The van der Waals surface area contributed by atoms with E-state index in [0.717, 1.165) is 25.2 Å². The van der Waals surface area contributed by atoms with Crippen molar-refractivity contribution in [2.24, 2.45) is 0 Å². The number of aryl methyl sites for hydroxylation is 1. The lowest BCUT2D eigenvalue weighted by Gasteiger charge is -2.20. The minimum Gasteiger partial charge on any atom is -0.299 e. The van der Waals surface area contributed by atoms with E-state index in [4.69, 9.17) is 5.26 Å². The second-order valence-corrected chi connectivity index (χ2v) is 4.12. The fourth-order valence-corrected chi connectivity index (χ4v) is 1.85. The van der Waals surface area contributed by atoms with Gasteiger partial charge in [0.15, 0.2) is 0 Å². The summed E-state index contributed by atoms with van der Waals surface area (Å²) in [4.78, 5) is 2.42. The number of hydrogen-bond acceptors (Lipinski definition) is 2. The standard InChI is InChI=1S/C14H20N2/c1-4-8-16(5-2)11-14-7-6-13(10-15)9-12(14)3/h6-7,9H,4-5,8,11H2,1-3H3. The van der Waals surface area contributed by atoms with Gasteiger partial charge in [-0.15, -0.1) is 0 Å². The Morgan fingerprint density at radius 1 is 1.31 bits per heavy atom. The van der Waals surface area contributed by atoms with E-state index in [1.54, 1.807) is 0 Å². The van der Waals surface area contributed by atoms with Crippen molar-refractivity contribution in [1.29, 1.82) is 5.26 Å². The van der Waals surface area contributed by atoms with E-state index in [2.05, 4.69) is 37.8 Å². The maximum Gasteiger partial charge on any atom is 0.0991 e. The van der Waals surface area contributed by atoms with E-state index in [1.807, 2.05) is 12.1 Å². The lowest BCUT2D eigenvalue weighted by atomic mass is 10.1. The first-order chi connectivity index (χ1) is 7.71. The van der Waals surface area contributed by atoms with Gasteiger partial charge in [-0.3, -0.25) is 4.90 Å². The summed E-state index contributed by atoms with van der Waals surface area (Å²) in [5.41, 5.74) is 3.29. The molecule has 0 saturated heterocycles. The highest BCUT2D eigenvalue weighted by Gasteiger charge is 2.05. The Morgan fingerprint density at radius 3 is 2.56 bits per heavy atom. The van der Waals surface area contributed by atoms with Gasteiger partial charge < -0.3 is 0 Å². The maximum atomic E-state index is 8.80. The van der Waals surface area contributed by atoms with Crippen LogP contribution in [0, 0.1) is 18.3 Å². The molecule has 0 saturated carbocycles. The van der Waals surface area contributed by atoms with Crippen LogP contribution in [0.4, 0.5) is 0 Å². The molecule has 0 bridgehead atoms. The second kappa shape index (κ2) is 6.30. The summed E-state index contributed by atoms with van der Waals surface area (Å²) >= 11 is 0. The van der Waals surface area contributed by atoms with Crippen LogP contribution >= 0.6 is 0 Å². The van der Waals surface area contributed by atoms with Gasteiger partial charge >= 0.3 is 0 Å². The Balaban J connectivity index is 2.77. The van der Waals surface area contributed by atoms with E-state index < -0.39 is 0 Å². The van der Waals surface area contributed by atoms with Crippen LogP contribution in [-0.2, 0) is 6.54 Å². The van der Waals surface area contributed by atoms with Gasteiger partial charge in [0.2, 0.25) is 0 Å². The van der Waals surface area contributed by atoms with Gasteiger partial charge in [-0.1, -0.05) is 19.9 Å². The van der Waals surface area contributed by atoms with Crippen molar-refractivity contribution in [2.75, 3.05) is 13.1 Å². The van der Waals surface area contributed by atoms with Gasteiger partial charge in [-0.25, -0.2) is 0 Å². The van der Waals surface area contributed by atoms with Crippen LogP contribution in [0.2, 0.25) is 0 Å². The first-order valence-corrected chi connectivity index (χ1v) is 5.93. The summed E-state index contributed by atoms with van der Waals surface area (Å²) in [5.74, 6) is 0. The molecule has 1 aromatic carbocycles. The number of nitriles is 1. The molecule has 0 aliphatic rings. The highest BCUT2D eigenvalue weighted by Crippen LogP contribution is 2.13. The average Bonchev–Trinajstić information content (AvgIpc) is 2.30. The van der Waals surface area contributed by atoms with E-state index in [1.165, 1.54) is 17.5 Å². The zero-order chi connectivity index (χ0) is 12.0. The Labute approximate surface area is 98.5 Å². The molecule has 0 amide bonds. The monoisotopic (exact) mass is 216 g/mol. The smallest absolute Gasteiger partial charge is 0.0991 e. The number of hydrogen-bond donors (Lipinski definition) is 0. The van der Waals surface area contributed by atoms with E-state index in [9.17, 15) is 0 Å². The van der Waals surface area contributed by atoms with Crippen molar-refractivity contribution in [3.8, 4) is 6.07 Å². The van der Waals surface area contributed by atoms with Crippen LogP contribution < -0.4 is 0 Å². The molecule has 86 valence electrons. The third-order valence-corrected chi connectivity index (χ3v) is 2.85. The molecule has 2 heteroatoms. The lowest BCUT2D eigenvalue weighted by molar-refractivity contribution is 0.280. The van der Waals surface area contributed by atoms with Crippen LogP contribution in [0.5, 0.6) is 0 Å². The molecule has 16 heavy (non-hydrogen) atoms. The SMILES string of the molecule is CCCN(CC)Cc1ccc(C#N)cc1C. The first-order valence-electron chi connectivity index (χ1n) is 5.93. The third kappa shape index (κ3) is 3.36. The molecular formula is C14H20N2. The third-order valence-electron chi connectivity index (χ3n) is 2.85. The van der Waals surface area contributed by atoms with Crippen molar-refractivity contribution < 1.29 is 0 Å². The fraction of sp³-hybridized carbons (Fsp3) is 0.500. The number of nitrogens with zero attached hydrogens (tertiary/aromatic N) is 2. The van der Waals surface area contributed by atoms with Crippen LogP contribution in [0.1, 0.15) is 37.0 Å². The molecule has 0 fully saturated rings. The normalized spacial score (nSPS) is 10.4. The van der Waals surface area contributed by atoms with Crippen molar-refractivity contribution in [2.45, 2.75) is 33.7 Å². The Bertz CT molecular complexity index is 377. The van der Waals surface area contributed by atoms with E-state index in [-0.39, 0.29) is 0 Å². The summed E-state index contributed by atoms with van der Waals surface area (Å²) in [6.45, 7) is 9.67. The molecule has 0 aliphatic carbocycles. The molecule has 0 heterocycles. The summed E-state index contributed by atoms with van der Waals surface area (Å²) < 4.78 is 0. The summed E-state index contributed by atoms with van der Waals surface area (Å²) in [7, 11) is 0. The van der Waals surface area contributed by atoms with Gasteiger partial charge in [0, 0.05) is 6.54 Å². The highest BCUT2D eigenvalue weighted by molar-refractivity contribution is 5.37. The van der Waals surface area contributed by atoms with Crippen LogP contribution in [0.25, 0.3) is 0 Å². The Morgan fingerprint density at radius 2 is 2.06 bits per heavy atom. The van der Waals surface area contributed by atoms with Crippen molar-refractivity contribution in [3.05, 3.63) is 34.9 Å². The predicted octanol–water partition coefficient (Wildman–Crippen LogP) is 3.10. The summed E-state index contributed by atoms with van der Waals surface area (Å²) in [6, 6.07) is 8.12. The molecule has 0 aliphatic heterocycles. The lowest BCUT2D eigenvalue weighted by Crippen LogP contribution is -2.23. The zero-order valence-electron chi connectivity index (χ0n) is 10.5. The highest BCUT2D eigenvalue weighted by atomic mass is 15.1. The topological polar surface area (TPSA) is 27.0 Å². The summed E-state index contributed by atoms with van der Waals surface area (Å²) in [5, 5.41) is 8.80. The molecule has 1 rings (SSSR count). The first kappa shape index (κ1) is 12.7. The molecule has 0 N–H and O–H groups in total. The fourth-order valence-electron chi connectivity index (χ4n) is 1.85. The molecule has 2 nitrogen and oxygen atoms in total. The zero-order valence-corrected chi connectivity index (χ0v) is 10.5. The van der Waals surface area contributed by atoms with Gasteiger partial charge in [-0.05, 0) is 49.7 Å². The van der Waals surface area contributed by atoms with Crippen LogP contribution in [0.15, 0.2) is 18.2 Å². The van der Waals surface area contributed by atoms with Crippen molar-refractivity contribution in [1.82, 2.24) is 4.90 Å². The number of rotatable bonds is 5. The van der Waals surface area contributed by atoms with E-state index in [0.29, 0.717) is 0 Å². The minimum absolute atomic E-state index is 0.750. The average molecular weight is 216 g/mol. The largest absolute Gasteiger partial charge is 0.299 e. The van der Waals surface area contributed by atoms with Crippen LogP contribution in [0.3, 0.4) is 0 Å². The molecule has 0 spiro atoms. The minimum atomic E-state index is 0.750. The van der Waals surface area contributed by atoms with Crippen molar-refractivity contribution >= 4 is 0 Å². The van der Waals surface area contributed by atoms with Gasteiger partial charge in [-0.2, -0.15) is 5.26 Å². The Kier molecular flexibility index (Phi) is 5.01.